The third-order valence-corrected chi connectivity index (χ3v) is 2.57. The van der Waals surface area contributed by atoms with Crippen LogP contribution >= 0.6 is 0 Å². The van der Waals surface area contributed by atoms with Crippen molar-refractivity contribution in [3.05, 3.63) is 59.7 Å². The van der Waals surface area contributed by atoms with E-state index in [0.29, 0.717) is 12.1 Å². The van der Waals surface area contributed by atoms with Gasteiger partial charge >= 0.3 is 12.3 Å². The highest BCUT2D eigenvalue weighted by Gasteiger charge is 2.38. The van der Waals surface area contributed by atoms with Crippen molar-refractivity contribution in [3.8, 4) is 5.75 Å². The van der Waals surface area contributed by atoms with Crippen LogP contribution in [0.25, 0.3) is 0 Å². The van der Waals surface area contributed by atoms with Gasteiger partial charge in [0, 0.05) is 0 Å². The maximum Gasteiger partial charge on any atom is 0.422 e. The third kappa shape index (κ3) is 3.51. The zero-order valence-corrected chi connectivity index (χ0v) is 10.7. The molecule has 0 heterocycles. The Bertz CT molecular complexity index is 686. The lowest BCUT2D eigenvalue weighted by Gasteiger charge is -2.13. The molecule has 0 unspecified atom stereocenters. The lowest BCUT2D eigenvalue weighted by molar-refractivity contribution is -0.142. The van der Waals surface area contributed by atoms with Crippen LogP contribution < -0.4 is 10.1 Å². The molecule has 0 atom stereocenters. The number of benzene rings is 2. The number of anilines is 1. The summed E-state index contributed by atoms with van der Waals surface area (Å²) in [5.74, 6) is -3.58. The topological polar surface area (TPSA) is 38.3 Å². The zero-order valence-electron chi connectivity index (χ0n) is 10.7. The summed E-state index contributed by atoms with van der Waals surface area (Å²) in [5, 5.41) is 1.80. The average molecular weight is 317 g/mol. The van der Waals surface area contributed by atoms with Crippen LogP contribution in [0.5, 0.6) is 5.75 Å². The second kappa shape index (κ2) is 6.00. The molecular formula is C14H8F5NO2. The molecule has 0 saturated heterocycles. The molecule has 2 aromatic rings. The Morgan fingerprint density at radius 2 is 1.64 bits per heavy atom. The molecule has 0 bridgehead atoms. The van der Waals surface area contributed by atoms with Gasteiger partial charge in [-0.05, 0) is 24.3 Å². The Labute approximate surface area is 121 Å². The monoisotopic (exact) mass is 317 g/mol. The lowest BCUT2D eigenvalue weighted by Crippen LogP contribution is -2.20. The predicted octanol–water partition coefficient (Wildman–Crippen LogP) is 4.59. The molecule has 116 valence electrons. The van der Waals surface area contributed by atoms with E-state index in [1.54, 1.807) is 23.5 Å². The molecule has 3 nitrogen and oxygen atoms in total. The van der Waals surface area contributed by atoms with Gasteiger partial charge in [0.2, 0.25) is 0 Å². The van der Waals surface area contributed by atoms with Crippen LogP contribution in [-0.4, -0.2) is 6.09 Å². The zero-order chi connectivity index (χ0) is 16.3. The summed E-state index contributed by atoms with van der Waals surface area (Å²) in [5.41, 5.74) is -2.92. The van der Waals surface area contributed by atoms with Crippen molar-refractivity contribution in [1.82, 2.24) is 0 Å². The van der Waals surface area contributed by atoms with Gasteiger partial charge in [-0.1, -0.05) is 18.2 Å². The largest absolute Gasteiger partial charge is 0.422 e. The number of carbonyl (C=O) groups is 1. The number of nitrogens with one attached hydrogen (secondary N) is 1. The quantitative estimate of drug-likeness (QED) is 0.822. The van der Waals surface area contributed by atoms with Crippen LogP contribution in [0.1, 0.15) is 5.56 Å². The average Bonchev–Trinajstić information content (AvgIpc) is 2.42. The van der Waals surface area contributed by atoms with E-state index in [-0.39, 0.29) is 5.75 Å². The Kier molecular flexibility index (Phi) is 4.30. The number of hydrogen-bond acceptors (Lipinski definition) is 2. The van der Waals surface area contributed by atoms with Crippen molar-refractivity contribution in [2.45, 2.75) is 6.18 Å². The summed E-state index contributed by atoms with van der Waals surface area (Å²) in [6.07, 6.45) is -6.43. The van der Waals surface area contributed by atoms with Gasteiger partial charge < -0.3 is 4.74 Å². The van der Waals surface area contributed by atoms with Gasteiger partial charge in [-0.2, -0.15) is 13.2 Å². The first-order chi connectivity index (χ1) is 10.3. The van der Waals surface area contributed by atoms with Crippen molar-refractivity contribution in [3.63, 3.8) is 0 Å². The number of carbonyl (C=O) groups excluding carboxylic acids is 1. The van der Waals surface area contributed by atoms with Crippen LogP contribution in [0, 0.1) is 11.6 Å². The SMILES string of the molecule is O=C(Nc1ccc(F)c(C(F)(F)F)c1F)Oc1ccccc1. The molecule has 22 heavy (non-hydrogen) atoms. The van der Waals surface area contributed by atoms with Crippen molar-refractivity contribution < 1.29 is 31.5 Å². The third-order valence-electron chi connectivity index (χ3n) is 2.57. The molecule has 0 aliphatic heterocycles. The number of halogens is 5. The second-order valence-electron chi connectivity index (χ2n) is 4.11. The number of hydrogen-bond donors (Lipinski definition) is 1. The highest BCUT2D eigenvalue weighted by molar-refractivity contribution is 5.86. The van der Waals surface area contributed by atoms with E-state index in [0.717, 1.165) is 0 Å². The molecule has 8 heteroatoms. The number of para-hydroxylation sites is 1. The van der Waals surface area contributed by atoms with Crippen molar-refractivity contribution in [2.24, 2.45) is 0 Å². The number of amides is 1. The minimum Gasteiger partial charge on any atom is -0.410 e. The van der Waals surface area contributed by atoms with Gasteiger partial charge in [0.15, 0.2) is 5.82 Å². The summed E-state index contributed by atoms with van der Waals surface area (Å²) < 4.78 is 69.2. The van der Waals surface area contributed by atoms with Gasteiger partial charge in [-0.25, -0.2) is 13.6 Å². The number of ether oxygens (including phenoxy) is 1. The van der Waals surface area contributed by atoms with E-state index in [9.17, 15) is 26.7 Å². The van der Waals surface area contributed by atoms with Crippen LogP contribution in [0.2, 0.25) is 0 Å². The van der Waals surface area contributed by atoms with Crippen LogP contribution in [0.15, 0.2) is 42.5 Å². The maximum atomic E-state index is 13.7. The van der Waals surface area contributed by atoms with Gasteiger partial charge in [0.25, 0.3) is 0 Å². The fraction of sp³-hybridized carbons (Fsp3) is 0.0714. The van der Waals surface area contributed by atoms with Gasteiger partial charge in [-0.15, -0.1) is 0 Å². The van der Waals surface area contributed by atoms with E-state index < -0.39 is 35.2 Å². The summed E-state index contributed by atoms with van der Waals surface area (Å²) in [6.45, 7) is 0. The van der Waals surface area contributed by atoms with Crippen LogP contribution in [0.3, 0.4) is 0 Å². The summed E-state index contributed by atoms with van der Waals surface area (Å²) in [6, 6.07) is 8.69. The Morgan fingerprint density at radius 1 is 1.00 bits per heavy atom. The molecule has 0 aromatic heterocycles. The standard InChI is InChI=1S/C14H8F5NO2/c15-9-6-7-10(12(16)11(9)14(17,18)19)20-13(21)22-8-4-2-1-3-5-8/h1-7H,(H,20,21). The fourth-order valence-electron chi connectivity index (χ4n) is 1.64. The fourth-order valence-corrected chi connectivity index (χ4v) is 1.64. The molecular weight excluding hydrogens is 309 g/mol. The smallest absolute Gasteiger partial charge is 0.410 e. The summed E-state index contributed by atoms with van der Waals surface area (Å²) in [4.78, 5) is 11.5. The summed E-state index contributed by atoms with van der Waals surface area (Å²) >= 11 is 0. The summed E-state index contributed by atoms with van der Waals surface area (Å²) in [7, 11) is 0. The van der Waals surface area contributed by atoms with Crippen molar-refractivity contribution >= 4 is 11.8 Å². The van der Waals surface area contributed by atoms with Crippen LogP contribution in [-0.2, 0) is 6.18 Å². The minimum absolute atomic E-state index is 0.110. The van der Waals surface area contributed by atoms with E-state index >= 15 is 0 Å². The molecule has 1 amide bonds. The molecule has 1 N–H and O–H groups in total. The minimum atomic E-state index is -5.23. The van der Waals surface area contributed by atoms with Crippen molar-refractivity contribution in [2.75, 3.05) is 5.32 Å². The van der Waals surface area contributed by atoms with E-state index in [2.05, 4.69) is 0 Å². The molecule has 0 saturated carbocycles. The molecule has 0 aliphatic carbocycles. The Balaban J connectivity index is 2.22. The Morgan fingerprint density at radius 3 is 2.23 bits per heavy atom. The Hall–Kier alpha value is -2.64. The van der Waals surface area contributed by atoms with Crippen molar-refractivity contribution in [1.29, 1.82) is 0 Å². The predicted molar refractivity (Wildman–Crippen MR) is 67.4 cm³/mol. The molecule has 0 radical (unpaired) electrons. The lowest BCUT2D eigenvalue weighted by atomic mass is 10.1. The first-order valence-corrected chi connectivity index (χ1v) is 5.88. The van der Waals surface area contributed by atoms with Gasteiger partial charge in [0.05, 0.1) is 5.69 Å². The number of rotatable bonds is 2. The molecule has 2 rings (SSSR count). The first-order valence-electron chi connectivity index (χ1n) is 5.88. The van der Waals surface area contributed by atoms with E-state index in [1.807, 2.05) is 0 Å². The van der Waals surface area contributed by atoms with Gasteiger partial charge in [-0.3, -0.25) is 5.32 Å². The normalized spacial score (nSPS) is 11.1. The second-order valence-corrected chi connectivity index (χ2v) is 4.11. The first kappa shape index (κ1) is 15.7. The van der Waals surface area contributed by atoms with Crippen LogP contribution in [0.4, 0.5) is 32.4 Å². The maximum absolute atomic E-state index is 13.7. The highest BCUT2D eigenvalue weighted by Crippen LogP contribution is 2.36. The molecule has 2 aromatic carbocycles. The molecule has 0 fully saturated rings. The molecule has 0 spiro atoms. The number of alkyl halides is 3. The van der Waals surface area contributed by atoms with E-state index in [1.165, 1.54) is 12.1 Å². The van der Waals surface area contributed by atoms with E-state index in [4.69, 9.17) is 4.74 Å². The highest BCUT2D eigenvalue weighted by atomic mass is 19.4. The van der Waals surface area contributed by atoms with Gasteiger partial charge in [0.1, 0.15) is 17.1 Å². The molecule has 0 aliphatic rings.